The number of carbonyl (C=O) groups is 1. The van der Waals surface area contributed by atoms with Crippen LogP contribution in [0.2, 0.25) is 0 Å². The van der Waals surface area contributed by atoms with E-state index in [1.165, 1.54) is 5.56 Å². The number of hydrogen-bond donors (Lipinski definition) is 0. The second-order valence-corrected chi connectivity index (χ2v) is 6.48. The van der Waals surface area contributed by atoms with Gasteiger partial charge in [0.1, 0.15) is 5.75 Å². The lowest BCUT2D eigenvalue weighted by molar-refractivity contribution is -0.135. The molecule has 0 spiro atoms. The predicted octanol–water partition coefficient (Wildman–Crippen LogP) is 3.26. The van der Waals surface area contributed by atoms with Crippen molar-refractivity contribution in [3.05, 3.63) is 63.1 Å². The van der Waals surface area contributed by atoms with E-state index in [1.54, 1.807) is 17.7 Å². The van der Waals surface area contributed by atoms with E-state index in [9.17, 15) is 9.59 Å². The highest BCUT2D eigenvalue weighted by molar-refractivity contribution is 5.77. The van der Waals surface area contributed by atoms with Crippen molar-refractivity contribution in [1.82, 2.24) is 4.57 Å². The molecule has 0 saturated carbocycles. The first kappa shape index (κ1) is 15.5. The van der Waals surface area contributed by atoms with Gasteiger partial charge in [0.2, 0.25) is 0 Å². The van der Waals surface area contributed by atoms with Crippen molar-refractivity contribution in [3.63, 3.8) is 0 Å². The number of carbonyl (C=O) groups excluding carboxylic acids is 1. The van der Waals surface area contributed by atoms with Crippen molar-refractivity contribution in [3.8, 4) is 5.75 Å². The van der Waals surface area contributed by atoms with Crippen LogP contribution in [0.25, 0.3) is 0 Å². The third kappa shape index (κ3) is 2.69. The quantitative estimate of drug-likeness (QED) is 0.800. The molecule has 1 aromatic heterocycles. The van der Waals surface area contributed by atoms with Crippen LogP contribution in [0, 0.1) is 6.92 Å². The zero-order valence-electron chi connectivity index (χ0n) is 13.9. The predicted molar refractivity (Wildman–Crippen MR) is 89.0 cm³/mol. The van der Waals surface area contributed by atoms with Crippen molar-refractivity contribution >= 4 is 5.97 Å². The average Bonchev–Trinajstić information content (AvgIpc) is 2.52. The zero-order valence-corrected chi connectivity index (χ0v) is 13.9. The van der Waals surface area contributed by atoms with E-state index in [0.717, 1.165) is 11.3 Å². The van der Waals surface area contributed by atoms with E-state index in [-0.39, 0.29) is 23.9 Å². The van der Waals surface area contributed by atoms with E-state index in [0.29, 0.717) is 17.2 Å². The first-order valence-corrected chi connectivity index (χ1v) is 7.89. The summed E-state index contributed by atoms with van der Waals surface area (Å²) in [6, 6.07) is 9.93. The molecular weight excluding hydrogens is 290 g/mol. The molecule has 1 aliphatic rings. The number of aromatic nitrogens is 1. The minimum atomic E-state index is -0.289. The fraction of sp³-hybridized carbons (Fsp3) is 0.368. The zero-order chi connectivity index (χ0) is 16.7. The molecule has 0 fully saturated rings. The van der Waals surface area contributed by atoms with Crippen LogP contribution in [-0.4, -0.2) is 10.5 Å². The highest BCUT2D eigenvalue weighted by Gasteiger charge is 2.32. The molecule has 0 saturated heterocycles. The van der Waals surface area contributed by atoms with Gasteiger partial charge in [-0.1, -0.05) is 38.1 Å². The number of rotatable bonds is 2. The van der Waals surface area contributed by atoms with E-state index >= 15 is 0 Å². The Morgan fingerprint density at radius 2 is 1.83 bits per heavy atom. The van der Waals surface area contributed by atoms with Gasteiger partial charge in [0.25, 0.3) is 5.56 Å². The van der Waals surface area contributed by atoms with E-state index in [2.05, 4.69) is 26.0 Å². The van der Waals surface area contributed by atoms with Gasteiger partial charge in [-0.3, -0.25) is 9.59 Å². The number of ether oxygens (including phenoxy) is 1. The molecule has 0 amide bonds. The number of fused-ring (bicyclic) bond motifs is 1. The van der Waals surface area contributed by atoms with Gasteiger partial charge in [-0.05, 0) is 24.0 Å². The van der Waals surface area contributed by atoms with Gasteiger partial charge in [-0.2, -0.15) is 0 Å². The Morgan fingerprint density at radius 1 is 1.17 bits per heavy atom. The Kier molecular flexibility index (Phi) is 3.84. The molecule has 0 N–H and O–H groups in total. The number of nitrogens with zero attached hydrogens (tertiary/aromatic N) is 1. The van der Waals surface area contributed by atoms with Gasteiger partial charge in [-0.25, -0.2) is 0 Å². The van der Waals surface area contributed by atoms with Crippen LogP contribution in [-0.2, 0) is 11.8 Å². The maximum atomic E-state index is 12.7. The number of benzene rings is 1. The molecule has 0 radical (unpaired) electrons. The number of pyridine rings is 1. The summed E-state index contributed by atoms with van der Waals surface area (Å²) in [6.07, 6.45) is 0.201. The maximum Gasteiger partial charge on any atom is 0.312 e. The summed E-state index contributed by atoms with van der Waals surface area (Å²) < 4.78 is 6.91. The number of aryl methyl sites for hydroxylation is 1. The van der Waals surface area contributed by atoms with Crippen molar-refractivity contribution in [1.29, 1.82) is 0 Å². The Labute approximate surface area is 135 Å². The summed E-state index contributed by atoms with van der Waals surface area (Å²) in [5.74, 6) is 0.317. The van der Waals surface area contributed by atoms with Crippen LogP contribution in [0.3, 0.4) is 0 Å². The summed E-state index contributed by atoms with van der Waals surface area (Å²) in [4.78, 5) is 24.6. The fourth-order valence-corrected chi connectivity index (χ4v) is 3.05. The largest absolute Gasteiger partial charge is 0.426 e. The summed E-state index contributed by atoms with van der Waals surface area (Å²) in [6.45, 7) is 6.11. The van der Waals surface area contributed by atoms with Gasteiger partial charge < -0.3 is 9.30 Å². The van der Waals surface area contributed by atoms with Crippen LogP contribution >= 0.6 is 0 Å². The summed E-state index contributed by atoms with van der Waals surface area (Å²) in [7, 11) is 1.74. The normalized spacial score (nSPS) is 17.1. The van der Waals surface area contributed by atoms with Crippen molar-refractivity contribution in [2.75, 3.05) is 0 Å². The van der Waals surface area contributed by atoms with Gasteiger partial charge in [0.15, 0.2) is 0 Å². The van der Waals surface area contributed by atoms with Crippen molar-refractivity contribution in [2.24, 2.45) is 7.05 Å². The fourth-order valence-electron chi connectivity index (χ4n) is 3.05. The smallest absolute Gasteiger partial charge is 0.312 e. The monoisotopic (exact) mass is 311 g/mol. The SMILES string of the molecule is Cc1cc2c(c(=O)n1C)[C@H](c1ccc(C(C)C)cc1)CC(=O)O2. The van der Waals surface area contributed by atoms with Crippen LogP contribution in [0.5, 0.6) is 5.75 Å². The lowest BCUT2D eigenvalue weighted by Gasteiger charge is -2.25. The second-order valence-electron chi connectivity index (χ2n) is 6.48. The molecular formula is C19H21NO3. The third-order valence-electron chi connectivity index (χ3n) is 4.62. The molecule has 1 aliphatic heterocycles. The van der Waals surface area contributed by atoms with Crippen LogP contribution in [0.1, 0.15) is 54.5 Å². The minimum absolute atomic E-state index is 0.0922. The number of hydrogen-bond acceptors (Lipinski definition) is 3. The van der Waals surface area contributed by atoms with Crippen molar-refractivity contribution < 1.29 is 9.53 Å². The molecule has 120 valence electrons. The highest BCUT2D eigenvalue weighted by Crippen LogP contribution is 2.37. The lowest BCUT2D eigenvalue weighted by atomic mass is 9.86. The van der Waals surface area contributed by atoms with E-state index in [4.69, 9.17) is 4.74 Å². The molecule has 2 aromatic rings. The molecule has 0 bridgehead atoms. The molecule has 2 heterocycles. The molecule has 3 rings (SSSR count). The molecule has 4 nitrogen and oxygen atoms in total. The highest BCUT2D eigenvalue weighted by atomic mass is 16.5. The Morgan fingerprint density at radius 3 is 2.43 bits per heavy atom. The lowest BCUT2D eigenvalue weighted by Crippen LogP contribution is -2.31. The second kappa shape index (κ2) is 5.69. The van der Waals surface area contributed by atoms with Crippen LogP contribution in [0.4, 0.5) is 0 Å². The molecule has 0 unspecified atom stereocenters. The molecule has 1 aromatic carbocycles. The topological polar surface area (TPSA) is 48.3 Å². The van der Waals surface area contributed by atoms with Gasteiger partial charge in [0, 0.05) is 24.7 Å². The van der Waals surface area contributed by atoms with E-state index in [1.807, 2.05) is 19.1 Å². The van der Waals surface area contributed by atoms with Gasteiger partial charge in [0.05, 0.1) is 12.0 Å². The first-order chi connectivity index (χ1) is 10.9. The average molecular weight is 311 g/mol. The Bertz CT molecular complexity index is 816. The molecule has 4 heteroatoms. The third-order valence-corrected chi connectivity index (χ3v) is 4.62. The van der Waals surface area contributed by atoms with Crippen molar-refractivity contribution in [2.45, 2.75) is 39.0 Å². The summed E-state index contributed by atoms with van der Waals surface area (Å²) >= 11 is 0. The Hall–Kier alpha value is -2.36. The summed E-state index contributed by atoms with van der Waals surface area (Å²) in [5.41, 5.74) is 3.48. The molecule has 0 aliphatic carbocycles. The summed E-state index contributed by atoms with van der Waals surface area (Å²) in [5, 5.41) is 0. The minimum Gasteiger partial charge on any atom is -0.426 e. The van der Waals surface area contributed by atoms with E-state index < -0.39 is 0 Å². The number of esters is 1. The van der Waals surface area contributed by atoms with Gasteiger partial charge in [-0.15, -0.1) is 0 Å². The van der Waals surface area contributed by atoms with Crippen LogP contribution < -0.4 is 10.3 Å². The maximum absolute atomic E-state index is 12.7. The molecule has 23 heavy (non-hydrogen) atoms. The van der Waals surface area contributed by atoms with Crippen LogP contribution in [0.15, 0.2) is 35.1 Å². The standard InChI is InChI=1S/C19H21NO3/c1-11(2)13-5-7-14(8-6-13)15-10-17(21)23-16-9-12(3)20(4)19(22)18(15)16/h5-9,11,15H,10H2,1-4H3/t15-/m0/s1. The Balaban J connectivity index is 2.13. The first-order valence-electron chi connectivity index (χ1n) is 7.89. The molecule has 1 atom stereocenters. The van der Waals surface area contributed by atoms with Gasteiger partial charge >= 0.3 is 5.97 Å².